The van der Waals surface area contributed by atoms with Crippen LogP contribution < -0.4 is 0 Å². The van der Waals surface area contributed by atoms with Crippen molar-refractivity contribution in [1.29, 1.82) is 0 Å². The van der Waals surface area contributed by atoms with Crippen molar-refractivity contribution < 1.29 is 14.6 Å². The fourth-order valence-electron chi connectivity index (χ4n) is 2.97. The Bertz CT molecular complexity index is 702. The molecule has 1 saturated heterocycles. The minimum absolute atomic E-state index is 0.208. The Labute approximate surface area is 186 Å². The number of nitrogens with zero attached hydrogens (tertiary/aromatic N) is 2. The summed E-state index contributed by atoms with van der Waals surface area (Å²) in [6, 6.07) is 18.5. The molecule has 1 fully saturated rings. The predicted octanol–water partition coefficient (Wildman–Crippen LogP) is 4.46. The Morgan fingerprint density at radius 3 is 2.00 bits per heavy atom. The van der Waals surface area contributed by atoms with E-state index in [1.807, 2.05) is 18.2 Å². The second-order valence-electron chi connectivity index (χ2n) is 7.25. The zero-order valence-electron chi connectivity index (χ0n) is 18.6. The van der Waals surface area contributed by atoms with Gasteiger partial charge in [0.2, 0.25) is 0 Å². The third-order valence-electron chi connectivity index (χ3n) is 4.98. The maximum absolute atomic E-state index is 9.47. The molecule has 1 atom stereocenters. The molecule has 0 radical (unpaired) electrons. The summed E-state index contributed by atoms with van der Waals surface area (Å²) >= 11 is 5.86. The highest BCUT2D eigenvalue weighted by atomic mass is 35.5. The summed E-state index contributed by atoms with van der Waals surface area (Å²) in [6.45, 7) is 10.4. The molecule has 0 aliphatic carbocycles. The molecule has 0 aromatic heterocycles. The first-order valence-corrected chi connectivity index (χ1v) is 10.7. The van der Waals surface area contributed by atoms with Gasteiger partial charge in [-0.3, -0.25) is 0 Å². The van der Waals surface area contributed by atoms with Crippen LogP contribution in [0.1, 0.15) is 30.9 Å². The molecule has 2 aromatic carbocycles. The molecule has 1 aliphatic rings. The van der Waals surface area contributed by atoms with Crippen LogP contribution in [-0.2, 0) is 9.53 Å². The monoisotopic (exact) mass is 434 g/mol. The zero-order valence-corrected chi connectivity index (χ0v) is 19.3. The smallest absolute Gasteiger partial charge is 0.329 e. The highest BCUT2D eigenvalue weighted by Crippen LogP contribution is 2.24. The molecule has 166 valence electrons. The molecule has 3 rings (SSSR count). The van der Waals surface area contributed by atoms with Crippen LogP contribution in [0.5, 0.6) is 0 Å². The lowest BCUT2D eigenvalue weighted by Crippen LogP contribution is -2.44. The van der Waals surface area contributed by atoms with Crippen LogP contribution in [-0.4, -0.2) is 74.4 Å². The van der Waals surface area contributed by atoms with Gasteiger partial charge in [0.15, 0.2) is 0 Å². The molecule has 1 N–H and O–H groups in total. The number of halogens is 1. The minimum atomic E-state index is -0.933. The van der Waals surface area contributed by atoms with E-state index in [0.717, 1.165) is 5.02 Å². The Morgan fingerprint density at radius 1 is 1.03 bits per heavy atom. The molecule has 0 amide bonds. The first-order chi connectivity index (χ1) is 14.4. The molecule has 0 bridgehead atoms. The molecule has 2 aromatic rings. The van der Waals surface area contributed by atoms with Gasteiger partial charge in [-0.15, -0.1) is 0 Å². The van der Waals surface area contributed by atoms with Crippen molar-refractivity contribution in [2.45, 2.75) is 19.8 Å². The normalized spacial score (nSPS) is 15.2. The zero-order chi connectivity index (χ0) is 22.4. The maximum atomic E-state index is 9.47. The lowest BCUT2D eigenvalue weighted by Gasteiger charge is -2.31. The highest BCUT2D eigenvalue weighted by molar-refractivity contribution is 6.30. The van der Waals surface area contributed by atoms with Crippen molar-refractivity contribution in [3.8, 4) is 0 Å². The van der Waals surface area contributed by atoms with E-state index in [-0.39, 0.29) is 6.61 Å². The summed E-state index contributed by atoms with van der Waals surface area (Å²) in [5.74, 6) is -0.513. The fraction of sp³-hybridized carbons (Fsp3) is 0.458. The van der Waals surface area contributed by atoms with Crippen LogP contribution in [0.25, 0.3) is 0 Å². The van der Waals surface area contributed by atoms with E-state index in [1.54, 1.807) is 0 Å². The number of carbonyl (C=O) groups is 1. The van der Waals surface area contributed by atoms with Gasteiger partial charge in [-0.05, 0) is 36.9 Å². The summed E-state index contributed by atoms with van der Waals surface area (Å²) < 4.78 is 4.20. The average Bonchev–Trinajstić information content (AvgIpc) is 2.76. The van der Waals surface area contributed by atoms with Crippen molar-refractivity contribution in [3.63, 3.8) is 0 Å². The second-order valence-corrected chi connectivity index (χ2v) is 7.68. The van der Waals surface area contributed by atoms with E-state index in [4.69, 9.17) is 16.7 Å². The Morgan fingerprint density at radius 2 is 1.57 bits per heavy atom. The van der Waals surface area contributed by atoms with E-state index >= 15 is 0 Å². The van der Waals surface area contributed by atoms with Crippen LogP contribution >= 0.6 is 11.6 Å². The third kappa shape index (κ3) is 10.7. The van der Waals surface area contributed by atoms with Gasteiger partial charge >= 0.3 is 5.97 Å². The lowest BCUT2D eigenvalue weighted by atomic mass is 9.93. The van der Waals surface area contributed by atoms with Crippen molar-refractivity contribution in [3.05, 3.63) is 70.7 Å². The summed E-state index contributed by atoms with van der Waals surface area (Å²) in [5, 5.41) is 8.58. The Hall–Kier alpha value is -1.92. The van der Waals surface area contributed by atoms with E-state index in [0.29, 0.717) is 5.92 Å². The van der Waals surface area contributed by atoms with Gasteiger partial charge in [-0.25, -0.2) is 4.79 Å². The standard InChI is InChI=1S/C14H13Cl.C7H16N2.C3H6O3/c1-11(12-5-3-2-4-6-12)13-7-9-14(15)10-8-13;1-3-9-6-4-8(2)5-7-9;1-6-2-3(4)5/h2-11H,1H3;3-7H2,1-2H3;2H2,1H3,(H,4,5). The molecule has 1 unspecified atom stereocenters. The van der Waals surface area contributed by atoms with Crippen LogP contribution in [0.2, 0.25) is 5.02 Å². The van der Waals surface area contributed by atoms with Gasteiger partial charge < -0.3 is 19.6 Å². The number of aliphatic carboxylic acids is 1. The van der Waals surface area contributed by atoms with Gasteiger partial charge in [-0.1, -0.05) is 67.9 Å². The number of carboxylic acid groups (broad SMARTS) is 1. The lowest BCUT2D eigenvalue weighted by molar-refractivity contribution is -0.141. The predicted molar refractivity (Wildman–Crippen MR) is 125 cm³/mol. The first kappa shape index (κ1) is 26.1. The van der Waals surface area contributed by atoms with Gasteiger partial charge in [0.25, 0.3) is 0 Å². The molecular weight excluding hydrogens is 400 g/mol. The van der Waals surface area contributed by atoms with Gasteiger partial charge in [0, 0.05) is 44.2 Å². The molecule has 30 heavy (non-hydrogen) atoms. The second kappa shape index (κ2) is 15.0. The fourth-order valence-corrected chi connectivity index (χ4v) is 3.10. The van der Waals surface area contributed by atoms with E-state index in [9.17, 15) is 4.79 Å². The third-order valence-corrected chi connectivity index (χ3v) is 5.23. The Balaban J connectivity index is 0.000000256. The topological polar surface area (TPSA) is 53.0 Å². The quantitative estimate of drug-likeness (QED) is 0.752. The van der Waals surface area contributed by atoms with Crippen LogP contribution in [0.15, 0.2) is 54.6 Å². The number of methoxy groups -OCH3 is 1. The van der Waals surface area contributed by atoms with Crippen molar-refractivity contribution >= 4 is 17.6 Å². The SMILES string of the molecule is CC(c1ccccc1)c1ccc(Cl)cc1.CCN1CCN(C)CC1.COCC(=O)O. The summed E-state index contributed by atoms with van der Waals surface area (Å²) in [5.41, 5.74) is 2.63. The largest absolute Gasteiger partial charge is 0.480 e. The molecule has 1 aliphatic heterocycles. The van der Waals surface area contributed by atoms with E-state index < -0.39 is 5.97 Å². The Kier molecular flexibility index (Phi) is 13.0. The molecule has 0 spiro atoms. The summed E-state index contributed by atoms with van der Waals surface area (Å²) in [6.07, 6.45) is 0. The number of ether oxygens (including phenoxy) is 1. The summed E-state index contributed by atoms with van der Waals surface area (Å²) in [4.78, 5) is 14.3. The number of hydrogen-bond donors (Lipinski definition) is 1. The van der Waals surface area contributed by atoms with Crippen molar-refractivity contribution in [1.82, 2.24) is 9.80 Å². The van der Waals surface area contributed by atoms with E-state index in [2.05, 4.69) is 71.8 Å². The number of carboxylic acids is 1. The van der Waals surface area contributed by atoms with Gasteiger partial charge in [-0.2, -0.15) is 0 Å². The number of benzene rings is 2. The van der Waals surface area contributed by atoms with Gasteiger partial charge in [0.05, 0.1) is 0 Å². The molecular formula is C24H35ClN2O3. The van der Waals surface area contributed by atoms with E-state index in [1.165, 1.54) is 51.0 Å². The van der Waals surface area contributed by atoms with Crippen molar-refractivity contribution in [2.75, 3.05) is 53.5 Å². The number of likely N-dealkylation sites (N-methyl/N-ethyl adjacent to an activating group) is 2. The average molecular weight is 435 g/mol. The first-order valence-electron chi connectivity index (χ1n) is 10.3. The van der Waals surface area contributed by atoms with Crippen LogP contribution in [0.3, 0.4) is 0 Å². The molecule has 6 heteroatoms. The minimum Gasteiger partial charge on any atom is -0.480 e. The number of piperazine rings is 1. The highest BCUT2D eigenvalue weighted by Gasteiger charge is 2.10. The summed E-state index contributed by atoms with van der Waals surface area (Å²) in [7, 11) is 3.53. The maximum Gasteiger partial charge on any atom is 0.329 e. The molecule has 0 saturated carbocycles. The number of rotatable bonds is 5. The molecule has 5 nitrogen and oxygen atoms in total. The number of hydrogen-bond acceptors (Lipinski definition) is 4. The van der Waals surface area contributed by atoms with Gasteiger partial charge in [0.1, 0.15) is 6.61 Å². The molecule has 1 heterocycles. The van der Waals surface area contributed by atoms with Crippen LogP contribution in [0, 0.1) is 0 Å². The van der Waals surface area contributed by atoms with Crippen LogP contribution in [0.4, 0.5) is 0 Å². The van der Waals surface area contributed by atoms with Crippen molar-refractivity contribution in [2.24, 2.45) is 0 Å².